The van der Waals surface area contributed by atoms with Gasteiger partial charge in [0.1, 0.15) is 5.41 Å². The molecule has 1 fully saturated rings. The number of benzene rings is 1. The van der Waals surface area contributed by atoms with Crippen molar-refractivity contribution in [2.24, 2.45) is 5.41 Å². The molecule has 0 spiro atoms. The smallest absolute Gasteiger partial charge is 0.242 e. The van der Waals surface area contributed by atoms with Gasteiger partial charge in [-0.2, -0.15) is 5.26 Å². The van der Waals surface area contributed by atoms with Crippen molar-refractivity contribution in [1.29, 1.82) is 5.26 Å². The molecule has 1 aliphatic carbocycles. The highest BCUT2D eigenvalue weighted by molar-refractivity contribution is 5.86. The van der Waals surface area contributed by atoms with E-state index in [9.17, 15) is 10.1 Å². The summed E-state index contributed by atoms with van der Waals surface area (Å²) in [6.45, 7) is 2.73. The molecule has 0 aromatic heterocycles. The zero-order chi connectivity index (χ0) is 13.9. The van der Waals surface area contributed by atoms with E-state index < -0.39 is 5.41 Å². The summed E-state index contributed by atoms with van der Waals surface area (Å²) in [7, 11) is 1.80. The summed E-state index contributed by atoms with van der Waals surface area (Å²) >= 11 is 0. The molecule has 0 unspecified atom stereocenters. The quantitative estimate of drug-likeness (QED) is 0.831. The van der Waals surface area contributed by atoms with Gasteiger partial charge in [-0.1, -0.05) is 29.8 Å². The Bertz CT molecular complexity index is 494. The minimum atomic E-state index is -0.720. The molecule has 1 aromatic rings. The molecular formula is C16H20N2O. The average molecular weight is 256 g/mol. The van der Waals surface area contributed by atoms with Gasteiger partial charge in [-0.15, -0.1) is 0 Å². The summed E-state index contributed by atoms with van der Waals surface area (Å²) in [5, 5.41) is 9.17. The van der Waals surface area contributed by atoms with Crippen LogP contribution >= 0.6 is 0 Å². The number of carbonyl (C=O) groups is 1. The number of nitrogens with zero attached hydrogens (tertiary/aromatic N) is 2. The van der Waals surface area contributed by atoms with Gasteiger partial charge in [-0.3, -0.25) is 4.79 Å². The highest BCUT2D eigenvalue weighted by atomic mass is 16.2. The lowest BCUT2D eigenvalue weighted by atomic mass is 9.69. The third kappa shape index (κ3) is 2.78. The normalized spacial score (nSPS) is 16.3. The third-order valence-corrected chi connectivity index (χ3v) is 4.03. The highest BCUT2D eigenvalue weighted by Gasteiger charge is 2.45. The largest absolute Gasteiger partial charge is 0.344 e. The highest BCUT2D eigenvalue weighted by Crippen LogP contribution is 2.41. The molecule has 1 amide bonds. The molecule has 3 heteroatoms. The summed E-state index contributed by atoms with van der Waals surface area (Å²) in [4.78, 5) is 14.0. The van der Waals surface area contributed by atoms with Crippen molar-refractivity contribution in [3.63, 3.8) is 0 Å². The molecule has 2 rings (SSSR count). The summed E-state index contributed by atoms with van der Waals surface area (Å²) in [6, 6.07) is 10.6. The van der Waals surface area contributed by atoms with Crippen molar-refractivity contribution in [2.75, 3.05) is 13.6 Å². The van der Waals surface area contributed by atoms with Crippen LogP contribution in [0.15, 0.2) is 24.3 Å². The molecular weight excluding hydrogens is 236 g/mol. The van der Waals surface area contributed by atoms with Crippen molar-refractivity contribution in [3.8, 4) is 6.07 Å². The van der Waals surface area contributed by atoms with E-state index in [-0.39, 0.29) is 5.91 Å². The Labute approximate surface area is 114 Å². The molecule has 1 saturated carbocycles. The van der Waals surface area contributed by atoms with Crippen LogP contribution in [-0.2, 0) is 11.2 Å². The first-order valence-corrected chi connectivity index (χ1v) is 6.80. The standard InChI is InChI=1S/C16H20N2O/c1-13-4-6-14(7-5-13)8-11-18(2)15(19)16(12-17)9-3-10-16/h4-7H,3,8-11H2,1-2H3. The van der Waals surface area contributed by atoms with Gasteiger partial charge in [0.15, 0.2) is 0 Å². The van der Waals surface area contributed by atoms with Gasteiger partial charge in [0.05, 0.1) is 6.07 Å². The molecule has 100 valence electrons. The van der Waals surface area contributed by atoms with Crippen molar-refractivity contribution in [1.82, 2.24) is 4.90 Å². The second-order valence-corrected chi connectivity index (χ2v) is 5.51. The maximum absolute atomic E-state index is 12.3. The van der Waals surface area contributed by atoms with Crippen molar-refractivity contribution >= 4 is 5.91 Å². The van der Waals surface area contributed by atoms with Gasteiger partial charge in [0, 0.05) is 13.6 Å². The van der Waals surface area contributed by atoms with Gasteiger partial charge in [-0.25, -0.2) is 0 Å². The molecule has 0 saturated heterocycles. The van der Waals surface area contributed by atoms with Gasteiger partial charge in [-0.05, 0) is 38.2 Å². The van der Waals surface area contributed by atoms with Gasteiger partial charge < -0.3 is 4.90 Å². The van der Waals surface area contributed by atoms with Crippen LogP contribution in [0.4, 0.5) is 0 Å². The number of amides is 1. The van der Waals surface area contributed by atoms with E-state index in [0.29, 0.717) is 6.54 Å². The zero-order valence-electron chi connectivity index (χ0n) is 11.6. The predicted octanol–water partition coefficient (Wildman–Crippen LogP) is 2.69. The minimum Gasteiger partial charge on any atom is -0.344 e. The summed E-state index contributed by atoms with van der Waals surface area (Å²) in [6.07, 6.45) is 3.27. The van der Waals surface area contributed by atoms with Crippen molar-refractivity contribution < 1.29 is 4.79 Å². The van der Waals surface area contributed by atoms with Crippen LogP contribution in [0, 0.1) is 23.7 Å². The molecule has 0 N–H and O–H groups in total. The number of nitriles is 1. The molecule has 1 aromatic carbocycles. The Morgan fingerprint density at radius 3 is 2.47 bits per heavy atom. The fourth-order valence-corrected chi connectivity index (χ4v) is 2.42. The summed E-state index contributed by atoms with van der Waals surface area (Å²) in [5.74, 6) is -0.00615. The van der Waals surface area contributed by atoms with E-state index in [0.717, 1.165) is 25.7 Å². The number of carbonyl (C=O) groups excluding carboxylic acids is 1. The predicted molar refractivity (Wildman–Crippen MR) is 74.4 cm³/mol. The molecule has 3 nitrogen and oxygen atoms in total. The lowest BCUT2D eigenvalue weighted by Crippen LogP contribution is -2.46. The summed E-state index contributed by atoms with van der Waals surface area (Å²) in [5.41, 5.74) is 1.75. The van der Waals surface area contributed by atoms with E-state index in [1.807, 2.05) is 0 Å². The number of likely N-dealkylation sites (N-methyl/N-ethyl adjacent to an activating group) is 1. The first-order chi connectivity index (χ1) is 9.07. The van der Waals surface area contributed by atoms with E-state index in [2.05, 4.69) is 37.3 Å². The Kier molecular flexibility index (Phi) is 3.90. The van der Waals surface area contributed by atoms with E-state index in [1.54, 1.807) is 11.9 Å². The fraction of sp³-hybridized carbons (Fsp3) is 0.500. The molecule has 0 aliphatic heterocycles. The third-order valence-electron chi connectivity index (χ3n) is 4.03. The van der Waals surface area contributed by atoms with Gasteiger partial charge >= 0.3 is 0 Å². The second kappa shape index (κ2) is 5.44. The first-order valence-electron chi connectivity index (χ1n) is 6.80. The first kappa shape index (κ1) is 13.6. The molecule has 19 heavy (non-hydrogen) atoms. The minimum absolute atomic E-state index is 0.00615. The van der Waals surface area contributed by atoms with Crippen LogP contribution in [0.3, 0.4) is 0 Å². The van der Waals surface area contributed by atoms with Crippen LogP contribution < -0.4 is 0 Å². The topological polar surface area (TPSA) is 44.1 Å². The monoisotopic (exact) mass is 256 g/mol. The van der Waals surface area contributed by atoms with Gasteiger partial charge in [0.2, 0.25) is 5.91 Å². The number of hydrogen-bond donors (Lipinski definition) is 0. The number of rotatable bonds is 4. The summed E-state index contributed by atoms with van der Waals surface area (Å²) < 4.78 is 0. The van der Waals surface area contributed by atoms with Crippen LogP contribution in [0.5, 0.6) is 0 Å². The Morgan fingerprint density at radius 1 is 1.37 bits per heavy atom. The number of aryl methyl sites for hydroxylation is 1. The second-order valence-electron chi connectivity index (χ2n) is 5.51. The number of hydrogen-bond acceptors (Lipinski definition) is 2. The van der Waals surface area contributed by atoms with E-state index in [1.165, 1.54) is 11.1 Å². The van der Waals surface area contributed by atoms with Crippen LogP contribution in [-0.4, -0.2) is 24.4 Å². The van der Waals surface area contributed by atoms with Crippen molar-refractivity contribution in [2.45, 2.75) is 32.6 Å². The van der Waals surface area contributed by atoms with Crippen LogP contribution in [0.2, 0.25) is 0 Å². The van der Waals surface area contributed by atoms with Gasteiger partial charge in [0.25, 0.3) is 0 Å². The van der Waals surface area contributed by atoms with Crippen LogP contribution in [0.1, 0.15) is 30.4 Å². The maximum Gasteiger partial charge on any atom is 0.242 e. The average Bonchev–Trinajstić information content (AvgIpc) is 2.37. The van der Waals surface area contributed by atoms with E-state index in [4.69, 9.17) is 0 Å². The maximum atomic E-state index is 12.3. The Balaban J connectivity index is 1.91. The molecule has 0 heterocycles. The lowest BCUT2D eigenvalue weighted by molar-refractivity contribution is -0.141. The zero-order valence-corrected chi connectivity index (χ0v) is 11.6. The molecule has 0 atom stereocenters. The Morgan fingerprint density at radius 2 is 2.00 bits per heavy atom. The fourth-order valence-electron chi connectivity index (χ4n) is 2.42. The molecule has 1 aliphatic rings. The van der Waals surface area contributed by atoms with Crippen LogP contribution in [0.25, 0.3) is 0 Å². The van der Waals surface area contributed by atoms with E-state index >= 15 is 0 Å². The van der Waals surface area contributed by atoms with Crippen molar-refractivity contribution in [3.05, 3.63) is 35.4 Å². The molecule has 0 bridgehead atoms. The SMILES string of the molecule is Cc1ccc(CCN(C)C(=O)C2(C#N)CCC2)cc1. The molecule has 0 radical (unpaired) electrons. The Hall–Kier alpha value is -1.82. The lowest BCUT2D eigenvalue weighted by Gasteiger charge is -2.36.